The number of aliphatic imine (C=N–C) groups is 1. The normalized spacial score (nSPS) is 23.2. The van der Waals surface area contributed by atoms with Gasteiger partial charge in [0.1, 0.15) is 22.7 Å². The highest BCUT2D eigenvalue weighted by Gasteiger charge is 2.41. The summed E-state index contributed by atoms with van der Waals surface area (Å²) in [6, 6.07) is 3.39. The van der Waals surface area contributed by atoms with E-state index in [1.54, 1.807) is 26.0 Å². The second kappa shape index (κ2) is 11.7. The number of rotatable bonds is 6. The molecular weight excluding hydrogens is 605 g/mol. The van der Waals surface area contributed by atoms with Gasteiger partial charge in [0.25, 0.3) is 0 Å². The van der Waals surface area contributed by atoms with Gasteiger partial charge in [-0.15, -0.1) is 0 Å². The molecule has 1 amide bonds. The van der Waals surface area contributed by atoms with Gasteiger partial charge in [-0.2, -0.15) is 26.3 Å². The number of dihydropyridines is 1. The molecule has 1 saturated heterocycles. The van der Waals surface area contributed by atoms with Gasteiger partial charge in [0.15, 0.2) is 0 Å². The molecule has 0 radical (unpaired) electrons. The van der Waals surface area contributed by atoms with E-state index in [1.807, 2.05) is 13.8 Å². The molecule has 2 aliphatic heterocycles. The smallest absolute Gasteiger partial charge is 0.416 e. The number of alkyl halides is 7. The minimum Gasteiger partial charge on any atom is -0.496 e. The van der Waals surface area contributed by atoms with E-state index < -0.39 is 58.1 Å². The van der Waals surface area contributed by atoms with Gasteiger partial charge < -0.3 is 9.47 Å². The first-order valence-electron chi connectivity index (χ1n) is 13.4. The predicted molar refractivity (Wildman–Crippen MR) is 148 cm³/mol. The van der Waals surface area contributed by atoms with Gasteiger partial charge in [-0.25, -0.2) is 9.18 Å². The summed E-state index contributed by atoms with van der Waals surface area (Å²) < 4.78 is 106. The van der Waals surface area contributed by atoms with Crippen LogP contribution in [0.4, 0.5) is 35.5 Å². The fourth-order valence-electron chi connectivity index (χ4n) is 5.18. The van der Waals surface area contributed by atoms with Crippen molar-refractivity contribution in [1.29, 1.82) is 0 Å². The fraction of sp³-hybridized carbons (Fsp3) is 0.467. The van der Waals surface area contributed by atoms with E-state index in [0.717, 1.165) is 0 Å². The molecule has 2 aliphatic rings. The van der Waals surface area contributed by atoms with Crippen LogP contribution in [0.5, 0.6) is 5.75 Å². The number of nitrogens with zero attached hydrogens (tertiary/aromatic N) is 2. The molecule has 0 bridgehead atoms. The SMILES string of the molecule is COc1cc(F)c(C(C)C)cc1C1=CCC(C)(Cl)N=C1CN1C(=O)OC(c2cc(C(F)(F)F)cc(C(F)(F)F)c2)C[C@@H]1C. The standard InChI is InChI=1S/C30H30ClF7N2O3/c1-15(2)21-12-22(26(42-5)13-23(21)32)20-6-7-28(4,31)39-24(20)14-40-16(3)8-25(43-27(40)41)17-9-18(29(33,34)35)11-19(10-17)30(36,37)38/h6,9-13,15-16,25H,7-8,14H2,1-5H3/t16-,25?,28?/m0/s1. The number of cyclic esters (lactones) is 1. The maximum Gasteiger partial charge on any atom is 0.416 e. The maximum atomic E-state index is 14.7. The van der Waals surface area contributed by atoms with E-state index in [1.165, 1.54) is 18.1 Å². The van der Waals surface area contributed by atoms with Crippen molar-refractivity contribution in [2.45, 2.75) is 76.0 Å². The van der Waals surface area contributed by atoms with E-state index in [-0.39, 0.29) is 30.7 Å². The van der Waals surface area contributed by atoms with Crippen LogP contribution in [-0.4, -0.2) is 41.4 Å². The van der Waals surface area contributed by atoms with Crippen molar-refractivity contribution < 1.29 is 45.0 Å². The number of carbonyl (C=O) groups is 1. The van der Waals surface area contributed by atoms with Crippen molar-refractivity contribution in [3.8, 4) is 5.75 Å². The third kappa shape index (κ3) is 7.11. The lowest BCUT2D eigenvalue weighted by atomic mass is 9.90. The molecule has 1 fully saturated rings. The van der Waals surface area contributed by atoms with Gasteiger partial charge in [-0.1, -0.05) is 31.5 Å². The molecular formula is C30H30ClF7N2O3. The molecule has 0 spiro atoms. The summed E-state index contributed by atoms with van der Waals surface area (Å²) in [6.07, 6.45) is -10.4. The fourth-order valence-corrected chi connectivity index (χ4v) is 5.36. The molecule has 0 N–H and O–H groups in total. The Morgan fingerprint density at radius 2 is 1.70 bits per heavy atom. The number of ether oxygens (including phenoxy) is 2. The first-order valence-corrected chi connectivity index (χ1v) is 13.8. The van der Waals surface area contributed by atoms with Crippen LogP contribution < -0.4 is 4.74 Å². The number of carbonyl (C=O) groups excluding carboxylic acids is 1. The molecule has 13 heteroatoms. The molecule has 2 aromatic carbocycles. The molecule has 0 aromatic heterocycles. The topological polar surface area (TPSA) is 51.1 Å². The highest BCUT2D eigenvalue weighted by molar-refractivity contribution is 6.31. The Balaban J connectivity index is 1.66. The number of methoxy groups -OCH3 is 1. The first-order chi connectivity index (χ1) is 19.8. The molecule has 2 heterocycles. The Labute approximate surface area is 249 Å². The van der Waals surface area contributed by atoms with Crippen molar-refractivity contribution in [3.63, 3.8) is 0 Å². The summed E-state index contributed by atoms with van der Waals surface area (Å²) in [6.45, 7) is 6.79. The van der Waals surface area contributed by atoms with Crippen LogP contribution in [0.2, 0.25) is 0 Å². The molecule has 3 atom stereocenters. The van der Waals surface area contributed by atoms with Crippen LogP contribution in [0.15, 0.2) is 41.4 Å². The number of amides is 1. The van der Waals surface area contributed by atoms with E-state index in [0.29, 0.717) is 41.0 Å². The van der Waals surface area contributed by atoms with Crippen molar-refractivity contribution in [2.75, 3.05) is 13.7 Å². The zero-order valence-corrected chi connectivity index (χ0v) is 24.7. The average molecular weight is 635 g/mol. The van der Waals surface area contributed by atoms with Crippen LogP contribution in [0.25, 0.3) is 5.57 Å². The largest absolute Gasteiger partial charge is 0.496 e. The highest BCUT2D eigenvalue weighted by Crippen LogP contribution is 2.41. The molecule has 2 aromatic rings. The Bertz CT molecular complexity index is 1430. The number of hydrogen-bond donors (Lipinski definition) is 0. The van der Waals surface area contributed by atoms with Gasteiger partial charge in [0, 0.05) is 36.1 Å². The number of benzene rings is 2. The molecule has 5 nitrogen and oxygen atoms in total. The van der Waals surface area contributed by atoms with Crippen molar-refractivity contribution in [2.24, 2.45) is 4.99 Å². The van der Waals surface area contributed by atoms with Crippen LogP contribution in [0.3, 0.4) is 0 Å². The van der Waals surface area contributed by atoms with E-state index >= 15 is 0 Å². The summed E-state index contributed by atoms with van der Waals surface area (Å²) in [7, 11) is 1.39. The Hall–Kier alpha value is -3.28. The monoisotopic (exact) mass is 634 g/mol. The van der Waals surface area contributed by atoms with Gasteiger partial charge in [0.05, 0.1) is 30.5 Å². The summed E-state index contributed by atoms with van der Waals surface area (Å²) in [5.41, 5.74) is -1.55. The average Bonchev–Trinajstić information content (AvgIpc) is 2.89. The molecule has 4 rings (SSSR count). The van der Waals surface area contributed by atoms with Gasteiger partial charge in [-0.05, 0) is 55.2 Å². The van der Waals surface area contributed by atoms with Crippen molar-refractivity contribution >= 4 is 29.0 Å². The molecule has 2 unspecified atom stereocenters. The van der Waals surface area contributed by atoms with E-state index in [4.69, 9.17) is 21.1 Å². The number of hydrogen-bond acceptors (Lipinski definition) is 4. The molecule has 0 aliphatic carbocycles. The molecule has 43 heavy (non-hydrogen) atoms. The lowest BCUT2D eigenvalue weighted by Gasteiger charge is -2.38. The second-order valence-electron chi connectivity index (χ2n) is 11.2. The summed E-state index contributed by atoms with van der Waals surface area (Å²) in [5.74, 6) is -0.371. The van der Waals surface area contributed by atoms with Gasteiger partial charge in [-0.3, -0.25) is 9.89 Å². The van der Waals surface area contributed by atoms with Crippen LogP contribution in [-0.2, 0) is 17.1 Å². The predicted octanol–water partition coefficient (Wildman–Crippen LogP) is 9.15. The van der Waals surface area contributed by atoms with Crippen molar-refractivity contribution in [3.05, 3.63) is 70.0 Å². The minimum atomic E-state index is -5.04. The minimum absolute atomic E-state index is 0.0244. The quantitative estimate of drug-likeness (QED) is 0.181. The lowest BCUT2D eigenvalue weighted by molar-refractivity contribution is -0.143. The van der Waals surface area contributed by atoms with Crippen LogP contribution >= 0.6 is 11.6 Å². The second-order valence-corrected chi connectivity index (χ2v) is 12.0. The zero-order valence-electron chi connectivity index (χ0n) is 24.0. The van der Waals surface area contributed by atoms with E-state index in [2.05, 4.69) is 4.99 Å². The zero-order chi connectivity index (χ0) is 32.1. The Morgan fingerprint density at radius 3 is 2.21 bits per heavy atom. The summed E-state index contributed by atoms with van der Waals surface area (Å²) in [5, 5.41) is 0. The van der Waals surface area contributed by atoms with Gasteiger partial charge in [0.2, 0.25) is 0 Å². The first kappa shape index (κ1) is 32.6. The summed E-state index contributed by atoms with van der Waals surface area (Å²) in [4.78, 5) is 18.1. The third-order valence-electron chi connectivity index (χ3n) is 7.46. The number of halogens is 8. The van der Waals surface area contributed by atoms with Crippen molar-refractivity contribution in [1.82, 2.24) is 4.90 Å². The maximum absolute atomic E-state index is 14.7. The van der Waals surface area contributed by atoms with Crippen LogP contribution in [0.1, 0.15) is 80.4 Å². The van der Waals surface area contributed by atoms with Crippen LogP contribution in [0, 0.1) is 5.82 Å². The lowest BCUT2D eigenvalue weighted by Crippen LogP contribution is -2.48. The molecule has 234 valence electrons. The summed E-state index contributed by atoms with van der Waals surface area (Å²) >= 11 is 6.56. The Morgan fingerprint density at radius 1 is 1.09 bits per heavy atom. The Kier molecular flexibility index (Phi) is 8.85. The van der Waals surface area contributed by atoms with Gasteiger partial charge >= 0.3 is 18.4 Å². The third-order valence-corrected chi connectivity index (χ3v) is 7.69. The molecule has 0 saturated carbocycles. The highest BCUT2D eigenvalue weighted by atomic mass is 35.5. The van der Waals surface area contributed by atoms with E-state index in [9.17, 15) is 35.5 Å².